The van der Waals surface area contributed by atoms with E-state index in [4.69, 9.17) is 16.3 Å². The lowest BCUT2D eigenvalue weighted by molar-refractivity contribution is -0.122. The van der Waals surface area contributed by atoms with E-state index in [2.05, 4.69) is 19.2 Å². The van der Waals surface area contributed by atoms with Crippen LogP contribution >= 0.6 is 11.6 Å². The fourth-order valence-corrected chi connectivity index (χ4v) is 2.09. The molecule has 2 rings (SSSR count). The van der Waals surface area contributed by atoms with Gasteiger partial charge in [-0.25, -0.2) is 0 Å². The van der Waals surface area contributed by atoms with E-state index >= 15 is 0 Å². The summed E-state index contributed by atoms with van der Waals surface area (Å²) >= 11 is 5.82. The first-order valence-electron chi connectivity index (χ1n) is 7.29. The molecule has 22 heavy (non-hydrogen) atoms. The molecule has 1 atom stereocenters. The number of halogens is 1. The number of ether oxygens (including phenoxy) is 1. The first kappa shape index (κ1) is 16.4. The smallest absolute Gasteiger partial charge is 0.265 e. The van der Waals surface area contributed by atoms with Gasteiger partial charge < -0.3 is 10.1 Å². The average molecular weight is 318 g/mol. The van der Waals surface area contributed by atoms with E-state index in [1.807, 2.05) is 24.3 Å². The van der Waals surface area contributed by atoms with Crippen molar-refractivity contribution >= 4 is 23.2 Å². The molecule has 0 saturated heterocycles. The summed E-state index contributed by atoms with van der Waals surface area (Å²) in [5.41, 5.74) is 1.94. The number of benzene rings is 2. The van der Waals surface area contributed by atoms with E-state index in [1.54, 1.807) is 31.2 Å². The van der Waals surface area contributed by atoms with Gasteiger partial charge in [0.15, 0.2) is 6.10 Å². The van der Waals surface area contributed by atoms with Gasteiger partial charge in [0.2, 0.25) is 0 Å². The van der Waals surface area contributed by atoms with Gasteiger partial charge in [-0.1, -0.05) is 37.6 Å². The number of carbonyl (C=O) groups excluding carboxylic acids is 1. The molecule has 3 nitrogen and oxygen atoms in total. The third-order valence-electron chi connectivity index (χ3n) is 3.34. The van der Waals surface area contributed by atoms with Gasteiger partial charge in [0.25, 0.3) is 5.91 Å². The van der Waals surface area contributed by atoms with E-state index in [9.17, 15) is 4.79 Å². The Balaban J connectivity index is 1.94. The molecule has 4 heteroatoms. The van der Waals surface area contributed by atoms with Crippen LogP contribution in [0.5, 0.6) is 5.75 Å². The van der Waals surface area contributed by atoms with Gasteiger partial charge >= 0.3 is 0 Å². The third-order valence-corrected chi connectivity index (χ3v) is 3.59. The number of hydrogen-bond acceptors (Lipinski definition) is 2. The van der Waals surface area contributed by atoms with Crippen LogP contribution in [0.2, 0.25) is 5.02 Å². The first-order valence-corrected chi connectivity index (χ1v) is 7.66. The molecule has 1 unspecified atom stereocenters. The van der Waals surface area contributed by atoms with E-state index in [0.29, 0.717) is 22.4 Å². The Labute approximate surface area is 136 Å². The molecule has 0 aromatic heterocycles. The van der Waals surface area contributed by atoms with Crippen LogP contribution in [-0.4, -0.2) is 12.0 Å². The van der Waals surface area contributed by atoms with E-state index in [0.717, 1.165) is 0 Å². The zero-order chi connectivity index (χ0) is 16.1. The molecule has 0 spiro atoms. The van der Waals surface area contributed by atoms with Crippen LogP contribution in [0.25, 0.3) is 0 Å². The molecule has 2 aromatic carbocycles. The quantitative estimate of drug-likeness (QED) is 0.854. The predicted molar refractivity (Wildman–Crippen MR) is 90.7 cm³/mol. The normalized spacial score (nSPS) is 12.0. The summed E-state index contributed by atoms with van der Waals surface area (Å²) in [7, 11) is 0. The fourth-order valence-electron chi connectivity index (χ4n) is 1.97. The summed E-state index contributed by atoms with van der Waals surface area (Å²) in [5.74, 6) is 0.957. The minimum absolute atomic E-state index is 0.199. The van der Waals surface area contributed by atoms with Crippen LogP contribution in [0, 0.1) is 0 Å². The Morgan fingerprint density at radius 2 is 1.59 bits per heavy atom. The highest BCUT2D eigenvalue weighted by atomic mass is 35.5. The third kappa shape index (κ3) is 4.50. The van der Waals surface area contributed by atoms with Crippen molar-refractivity contribution in [2.24, 2.45) is 0 Å². The predicted octanol–water partition coefficient (Wildman–Crippen LogP) is 4.87. The van der Waals surface area contributed by atoms with Gasteiger partial charge in [0.05, 0.1) is 0 Å². The van der Waals surface area contributed by atoms with Crippen molar-refractivity contribution in [2.45, 2.75) is 32.8 Å². The summed E-state index contributed by atoms with van der Waals surface area (Å²) in [4.78, 5) is 12.1. The minimum atomic E-state index is -0.583. The summed E-state index contributed by atoms with van der Waals surface area (Å²) < 4.78 is 5.67. The van der Waals surface area contributed by atoms with Gasteiger partial charge in [-0.2, -0.15) is 0 Å². The van der Waals surface area contributed by atoms with Gasteiger partial charge in [0.1, 0.15) is 5.75 Å². The van der Waals surface area contributed by atoms with Crippen molar-refractivity contribution in [1.82, 2.24) is 0 Å². The van der Waals surface area contributed by atoms with Crippen LogP contribution in [-0.2, 0) is 4.79 Å². The summed E-state index contributed by atoms with van der Waals surface area (Å²) in [6, 6.07) is 14.8. The van der Waals surface area contributed by atoms with E-state index < -0.39 is 6.10 Å². The summed E-state index contributed by atoms with van der Waals surface area (Å²) in [6.07, 6.45) is -0.583. The number of hydrogen-bond donors (Lipinski definition) is 1. The maximum Gasteiger partial charge on any atom is 0.265 e. The average Bonchev–Trinajstić information content (AvgIpc) is 2.50. The second-order valence-corrected chi connectivity index (χ2v) is 5.92. The summed E-state index contributed by atoms with van der Waals surface area (Å²) in [6.45, 7) is 6.00. The number of anilines is 1. The topological polar surface area (TPSA) is 38.3 Å². The molecule has 0 heterocycles. The fraction of sp³-hybridized carbons (Fsp3) is 0.278. The van der Waals surface area contributed by atoms with Crippen LogP contribution < -0.4 is 10.1 Å². The summed E-state index contributed by atoms with van der Waals surface area (Å²) in [5, 5.41) is 3.43. The minimum Gasteiger partial charge on any atom is -0.481 e. The monoisotopic (exact) mass is 317 g/mol. The second-order valence-electron chi connectivity index (χ2n) is 5.48. The van der Waals surface area contributed by atoms with Crippen molar-refractivity contribution < 1.29 is 9.53 Å². The number of carbonyl (C=O) groups is 1. The Morgan fingerprint density at radius 3 is 2.14 bits per heavy atom. The Kier molecular flexibility index (Phi) is 5.45. The second kappa shape index (κ2) is 7.32. The molecule has 0 aliphatic heterocycles. The van der Waals surface area contributed by atoms with Crippen molar-refractivity contribution in [3.63, 3.8) is 0 Å². The molecule has 2 aromatic rings. The molecule has 0 radical (unpaired) electrons. The van der Waals surface area contributed by atoms with Gasteiger partial charge in [-0.05, 0) is 54.8 Å². The molecule has 1 N–H and O–H groups in total. The van der Waals surface area contributed by atoms with E-state index in [-0.39, 0.29) is 5.91 Å². The van der Waals surface area contributed by atoms with Crippen molar-refractivity contribution in [3.8, 4) is 5.75 Å². The van der Waals surface area contributed by atoms with Crippen LogP contribution in [0.3, 0.4) is 0 Å². The zero-order valence-corrected chi connectivity index (χ0v) is 13.7. The molecular weight excluding hydrogens is 298 g/mol. The lowest BCUT2D eigenvalue weighted by atomic mass is 10.0. The molecule has 0 aliphatic rings. The highest BCUT2D eigenvalue weighted by molar-refractivity contribution is 6.30. The van der Waals surface area contributed by atoms with Crippen molar-refractivity contribution in [1.29, 1.82) is 0 Å². The zero-order valence-electron chi connectivity index (χ0n) is 13.0. The Morgan fingerprint density at radius 1 is 1.00 bits per heavy atom. The maximum atomic E-state index is 12.1. The molecule has 0 bridgehead atoms. The van der Waals surface area contributed by atoms with Crippen LogP contribution in [0.1, 0.15) is 32.3 Å². The lowest BCUT2D eigenvalue weighted by Gasteiger charge is -2.15. The van der Waals surface area contributed by atoms with Crippen molar-refractivity contribution in [2.75, 3.05) is 5.32 Å². The first-order chi connectivity index (χ1) is 10.5. The molecule has 0 saturated carbocycles. The number of rotatable bonds is 5. The molecular formula is C18H20ClNO2. The number of amides is 1. The molecule has 116 valence electrons. The van der Waals surface area contributed by atoms with Gasteiger partial charge in [-0.15, -0.1) is 0 Å². The van der Waals surface area contributed by atoms with Crippen molar-refractivity contribution in [3.05, 3.63) is 59.1 Å². The Bertz CT molecular complexity index is 621. The number of nitrogens with one attached hydrogen (secondary N) is 1. The Hall–Kier alpha value is -2.00. The molecule has 0 aliphatic carbocycles. The standard InChI is InChI=1S/C18H20ClNO2/c1-12(2)14-4-10-17(11-5-14)22-13(3)18(21)20-16-8-6-15(19)7-9-16/h4-13H,1-3H3,(H,20,21). The highest BCUT2D eigenvalue weighted by Crippen LogP contribution is 2.20. The van der Waals surface area contributed by atoms with Gasteiger partial charge in [0, 0.05) is 10.7 Å². The van der Waals surface area contributed by atoms with Crippen LogP contribution in [0.15, 0.2) is 48.5 Å². The maximum absolute atomic E-state index is 12.1. The largest absolute Gasteiger partial charge is 0.481 e. The molecule has 1 amide bonds. The highest BCUT2D eigenvalue weighted by Gasteiger charge is 2.15. The molecule has 0 fully saturated rings. The van der Waals surface area contributed by atoms with Crippen LogP contribution in [0.4, 0.5) is 5.69 Å². The van der Waals surface area contributed by atoms with Gasteiger partial charge in [-0.3, -0.25) is 4.79 Å². The van der Waals surface area contributed by atoms with E-state index in [1.165, 1.54) is 5.56 Å². The SMILES string of the molecule is CC(Oc1ccc(C(C)C)cc1)C(=O)Nc1ccc(Cl)cc1. The lowest BCUT2D eigenvalue weighted by Crippen LogP contribution is -2.30.